The van der Waals surface area contributed by atoms with Crippen molar-refractivity contribution >= 4 is 17.5 Å². The third-order valence-electron chi connectivity index (χ3n) is 4.16. The number of hydrogen-bond acceptors (Lipinski definition) is 7. The molecule has 1 aromatic heterocycles. The van der Waals surface area contributed by atoms with Gasteiger partial charge in [0.2, 0.25) is 10.9 Å². The van der Waals surface area contributed by atoms with Crippen molar-refractivity contribution in [3.05, 3.63) is 53.4 Å². The maximum absolute atomic E-state index is 5.45. The number of rotatable bonds is 5. The Morgan fingerprint density at radius 2 is 1.59 bits per heavy atom. The van der Waals surface area contributed by atoms with Crippen molar-refractivity contribution in [2.24, 2.45) is 0 Å². The van der Waals surface area contributed by atoms with Gasteiger partial charge in [-0.25, -0.2) is 4.68 Å². The second-order valence-corrected chi connectivity index (χ2v) is 6.52. The third-order valence-corrected chi connectivity index (χ3v) is 4.98. The Labute approximate surface area is 160 Å². The summed E-state index contributed by atoms with van der Waals surface area (Å²) in [6, 6.07) is 13.8. The van der Waals surface area contributed by atoms with Gasteiger partial charge in [0, 0.05) is 11.0 Å². The molecular formula is C19H18N4O3S. The van der Waals surface area contributed by atoms with E-state index in [9.17, 15) is 0 Å². The monoisotopic (exact) mass is 382 g/mol. The molecule has 0 fully saturated rings. The lowest BCUT2D eigenvalue weighted by atomic mass is 10.1. The number of ether oxygens (including phenoxy) is 3. The van der Waals surface area contributed by atoms with E-state index in [1.165, 1.54) is 11.8 Å². The fourth-order valence-electron chi connectivity index (χ4n) is 2.85. The molecule has 7 nitrogen and oxygen atoms in total. The van der Waals surface area contributed by atoms with Gasteiger partial charge < -0.3 is 14.2 Å². The Bertz CT molecular complexity index is 976. The Kier molecular flexibility index (Phi) is 4.64. The van der Waals surface area contributed by atoms with Gasteiger partial charge in [-0.15, -0.1) is 10.2 Å². The molecule has 138 valence electrons. The van der Waals surface area contributed by atoms with Crippen molar-refractivity contribution < 1.29 is 14.2 Å². The normalized spacial score (nSPS) is 12.6. The minimum atomic E-state index is 0.536. The molecule has 27 heavy (non-hydrogen) atoms. The first kappa shape index (κ1) is 17.3. The van der Waals surface area contributed by atoms with E-state index in [0.717, 1.165) is 22.0 Å². The second-order valence-electron chi connectivity index (χ2n) is 5.68. The van der Waals surface area contributed by atoms with Gasteiger partial charge >= 0.3 is 0 Å². The lowest BCUT2D eigenvalue weighted by Crippen LogP contribution is -2.18. The summed E-state index contributed by atoms with van der Waals surface area (Å²) in [6.07, 6.45) is 0. The predicted molar refractivity (Wildman–Crippen MR) is 105 cm³/mol. The van der Waals surface area contributed by atoms with E-state index >= 15 is 0 Å². The highest BCUT2D eigenvalue weighted by Gasteiger charge is 2.22. The molecule has 0 saturated heterocycles. The van der Waals surface area contributed by atoms with Crippen LogP contribution in [0.5, 0.6) is 17.2 Å². The first-order valence-electron chi connectivity index (χ1n) is 8.20. The average molecular weight is 382 g/mol. The van der Waals surface area contributed by atoms with Crippen molar-refractivity contribution in [3.63, 3.8) is 0 Å². The van der Waals surface area contributed by atoms with Gasteiger partial charge in [-0.2, -0.15) is 0 Å². The summed E-state index contributed by atoms with van der Waals surface area (Å²) in [4.78, 5) is 0. The minimum Gasteiger partial charge on any atom is -0.493 e. The Balaban J connectivity index is 1.76. The zero-order valence-electron chi connectivity index (χ0n) is 15.1. The lowest BCUT2D eigenvalue weighted by Gasteiger charge is -2.20. The van der Waals surface area contributed by atoms with Crippen molar-refractivity contribution in [3.8, 4) is 28.6 Å². The highest BCUT2D eigenvalue weighted by Crippen LogP contribution is 2.41. The number of aromatic nitrogens is 3. The van der Waals surface area contributed by atoms with E-state index in [2.05, 4.69) is 15.6 Å². The summed E-state index contributed by atoms with van der Waals surface area (Å²) in [5.41, 5.74) is 6.24. The molecule has 4 rings (SSSR count). The number of fused-ring (bicyclic) bond motifs is 1. The fraction of sp³-hybridized carbons (Fsp3) is 0.158. The van der Waals surface area contributed by atoms with Crippen LogP contribution in [0.3, 0.4) is 0 Å². The number of thioether (sulfide) groups is 1. The molecule has 2 aromatic carbocycles. The van der Waals surface area contributed by atoms with Gasteiger partial charge in [0.05, 0.1) is 27.0 Å². The molecule has 0 amide bonds. The zero-order valence-corrected chi connectivity index (χ0v) is 15.9. The molecule has 0 atom stereocenters. The topological polar surface area (TPSA) is 70.4 Å². The van der Waals surface area contributed by atoms with E-state index in [1.807, 2.05) is 52.5 Å². The summed E-state index contributed by atoms with van der Waals surface area (Å²) in [7, 11) is 4.75. The van der Waals surface area contributed by atoms with Crippen LogP contribution in [0.2, 0.25) is 0 Å². The summed E-state index contributed by atoms with van der Waals surface area (Å²) < 4.78 is 18.2. The highest BCUT2D eigenvalue weighted by atomic mass is 32.2. The smallest absolute Gasteiger partial charge is 0.214 e. The molecule has 8 heteroatoms. The van der Waals surface area contributed by atoms with E-state index in [1.54, 1.807) is 21.3 Å². The van der Waals surface area contributed by atoms with Gasteiger partial charge in [-0.05, 0) is 17.7 Å². The predicted octanol–water partition coefficient (Wildman–Crippen LogP) is 3.62. The minimum absolute atomic E-state index is 0.536. The SMILES string of the molecule is COc1cc(-c2nnc3n2NC(c2ccccc2)=CS3)cc(OC)c1OC. The summed E-state index contributed by atoms with van der Waals surface area (Å²) >= 11 is 1.51. The van der Waals surface area contributed by atoms with E-state index < -0.39 is 0 Å². The second kappa shape index (κ2) is 7.24. The lowest BCUT2D eigenvalue weighted by molar-refractivity contribution is 0.324. The van der Waals surface area contributed by atoms with Gasteiger partial charge in [-0.1, -0.05) is 42.1 Å². The standard InChI is InChI=1S/C19H18N4O3S/c1-24-15-9-13(10-16(25-2)17(15)26-3)18-20-21-19-23(18)22-14(11-27-19)12-7-5-4-6-8-12/h4-11,22H,1-3H3. The molecule has 1 N–H and O–H groups in total. The summed E-state index contributed by atoms with van der Waals surface area (Å²) in [5.74, 6) is 2.31. The third kappa shape index (κ3) is 3.08. The number of nitrogens with zero attached hydrogens (tertiary/aromatic N) is 3. The van der Waals surface area contributed by atoms with Gasteiger partial charge in [0.25, 0.3) is 0 Å². The Morgan fingerprint density at radius 1 is 0.889 bits per heavy atom. The summed E-state index contributed by atoms with van der Waals surface area (Å²) in [6.45, 7) is 0. The first-order valence-corrected chi connectivity index (χ1v) is 9.08. The van der Waals surface area contributed by atoms with E-state index in [0.29, 0.717) is 23.1 Å². The molecule has 0 bridgehead atoms. The van der Waals surface area contributed by atoms with Gasteiger partial charge in [0.15, 0.2) is 17.3 Å². The maximum Gasteiger partial charge on any atom is 0.214 e. The average Bonchev–Trinajstić information content (AvgIpc) is 3.16. The van der Waals surface area contributed by atoms with Gasteiger partial charge in [-0.3, -0.25) is 5.43 Å². The van der Waals surface area contributed by atoms with Crippen molar-refractivity contribution in [1.29, 1.82) is 0 Å². The van der Waals surface area contributed by atoms with Crippen LogP contribution in [-0.2, 0) is 0 Å². The molecule has 3 aromatic rings. The first-order chi connectivity index (χ1) is 13.2. The van der Waals surface area contributed by atoms with Crippen molar-refractivity contribution in [1.82, 2.24) is 14.9 Å². The highest BCUT2D eigenvalue weighted by molar-refractivity contribution is 8.02. The van der Waals surface area contributed by atoms with Crippen LogP contribution < -0.4 is 19.6 Å². The number of nitrogens with one attached hydrogen (secondary N) is 1. The molecule has 1 aliphatic rings. The molecule has 0 spiro atoms. The van der Waals surface area contributed by atoms with Crippen LogP contribution >= 0.6 is 11.8 Å². The quantitative estimate of drug-likeness (QED) is 0.723. The molecule has 0 saturated carbocycles. The maximum atomic E-state index is 5.45. The van der Waals surface area contributed by atoms with Crippen molar-refractivity contribution in [2.45, 2.75) is 5.16 Å². The van der Waals surface area contributed by atoms with Crippen LogP contribution in [0, 0.1) is 0 Å². The van der Waals surface area contributed by atoms with Crippen LogP contribution in [0.15, 0.2) is 53.0 Å². The number of methoxy groups -OCH3 is 3. The van der Waals surface area contributed by atoms with Crippen LogP contribution in [0.1, 0.15) is 5.56 Å². The zero-order chi connectivity index (χ0) is 18.8. The molecule has 2 heterocycles. The van der Waals surface area contributed by atoms with E-state index in [-0.39, 0.29) is 0 Å². The molecule has 0 aliphatic carbocycles. The largest absolute Gasteiger partial charge is 0.493 e. The van der Waals surface area contributed by atoms with Crippen molar-refractivity contribution in [2.75, 3.05) is 26.8 Å². The molecule has 0 radical (unpaired) electrons. The number of benzene rings is 2. The molecule has 1 aliphatic heterocycles. The Hall–Kier alpha value is -3.13. The summed E-state index contributed by atoms with van der Waals surface area (Å²) in [5, 5.41) is 11.4. The van der Waals surface area contributed by atoms with Gasteiger partial charge in [0.1, 0.15) is 0 Å². The van der Waals surface area contributed by atoms with E-state index in [4.69, 9.17) is 14.2 Å². The molecular weight excluding hydrogens is 364 g/mol. The fourth-order valence-corrected chi connectivity index (χ4v) is 3.59. The molecule has 0 unspecified atom stereocenters. The Morgan fingerprint density at radius 3 is 2.22 bits per heavy atom. The van der Waals surface area contributed by atoms with Crippen LogP contribution in [-0.4, -0.2) is 36.2 Å². The van der Waals surface area contributed by atoms with Crippen LogP contribution in [0.25, 0.3) is 17.1 Å². The van der Waals surface area contributed by atoms with Crippen LogP contribution in [0.4, 0.5) is 0 Å². The number of hydrogen-bond donors (Lipinski definition) is 1.